The van der Waals surface area contributed by atoms with Crippen LogP contribution in [0.5, 0.6) is 0 Å². The van der Waals surface area contributed by atoms with Crippen molar-refractivity contribution in [2.45, 2.75) is 18.2 Å². The highest BCUT2D eigenvalue weighted by molar-refractivity contribution is 7.99. The van der Waals surface area contributed by atoms with Crippen LogP contribution in [-0.4, -0.2) is 33.5 Å². The van der Waals surface area contributed by atoms with Gasteiger partial charge in [0, 0.05) is 6.54 Å². The Labute approximate surface area is 114 Å². The van der Waals surface area contributed by atoms with Crippen LogP contribution in [-0.2, 0) is 10.0 Å². The fourth-order valence-corrected chi connectivity index (χ4v) is 3.04. The van der Waals surface area contributed by atoms with Gasteiger partial charge in [-0.15, -0.1) is 0 Å². The Morgan fingerprint density at radius 3 is 2.67 bits per heavy atom. The van der Waals surface area contributed by atoms with E-state index < -0.39 is 10.0 Å². The zero-order chi connectivity index (χ0) is 13.4. The van der Waals surface area contributed by atoms with E-state index in [0.717, 1.165) is 24.5 Å². The van der Waals surface area contributed by atoms with Gasteiger partial charge in [0.1, 0.15) is 4.90 Å². The van der Waals surface area contributed by atoms with Crippen LogP contribution in [0.25, 0.3) is 0 Å². The van der Waals surface area contributed by atoms with Crippen LogP contribution >= 0.6 is 11.8 Å². The predicted octanol–water partition coefficient (Wildman–Crippen LogP) is 2.15. The van der Waals surface area contributed by atoms with E-state index in [1.54, 1.807) is 18.2 Å². The molecule has 0 aromatic heterocycles. The lowest BCUT2D eigenvalue weighted by atomic mass is 10.3. The zero-order valence-electron chi connectivity index (χ0n) is 10.8. The summed E-state index contributed by atoms with van der Waals surface area (Å²) in [4.78, 5) is 0.302. The van der Waals surface area contributed by atoms with Crippen LogP contribution in [0.4, 0.5) is 5.69 Å². The molecule has 0 atom stereocenters. The molecule has 0 unspecified atom stereocenters. The first kappa shape index (κ1) is 15.3. The lowest BCUT2D eigenvalue weighted by molar-refractivity contribution is 0.588. The Hall–Kier alpha value is -0.720. The molecule has 0 spiro atoms. The SMILES string of the molecule is CCSCCCNc1ccccc1S(=O)(=O)NC. The Balaban J connectivity index is 2.66. The summed E-state index contributed by atoms with van der Waals surface area (Å²) in [5, 5.41) is 3.18. The van der Waals surface area contributed by atoms with E-state index in [0.29, 0.717) is 10.6 Å². The minimum atomic E-state index is -3.39. The fraction of sp³-hybridized carbons (Fsp3) is 0.500. The van der Waals surface area contributed by atoms with Gasteiger partial charge in [0.15, 0.2) is 0 Å². The van der Waals surface area contributed by atoms with Gasteiger partial charge >= 0.3 is 0 Å². The van der Waals surface area contributed by atoms with E-state index in [4.69, 9.17) is 0 Å². The van der Waals surface area contributed by atoms with Crippen molar-refractivity contribution in [3.05, 3.63) is 24.3 Å². The summed E-state index contributed by atoms with van der Waals surface area (Å²) in [7, 11) is -1.97. The maximum absolute atomic E-state index is 11.8. The summed E-state index contributed by atoms with van der Waals surface area (Å²) in [6.45, 7) is 2.91. The van der Waals surface area contributed by atoms with Crippen LogP contribution in [0, 0.1) is 0 Å². The molecule has 0 aliphatic carbocycles. The van der Waals surface area contributed by atoms with E-state index in [1.165, 1.54) is 7.05 Å². The third kappa shape index (κ3) is 4.51. The number of nitrogens with one attached hydrogen (secondary N) is 2. The van der Waals surface area contributed by atoms with Crippen molar-refractivity contribution in [3.8, 4) is 0 Å². The number of sulfonamides is 1. The number of hydrogen-bond donors (Lipinski definition) is 2. The molecule has 0 amide bonds. The Morgan fingerprint density at radius 2 is 2.00 bits per heavy atom. The molecule has 0 bridgehead atoms. The molecule has 1 rings (SSSR count). The third-order valence-corrected chi connectivity index (χ3v) is 4.89. The molecule has 1 aromatic carbocycles. The molecule has 0 saturated carbocycles. The van der Waals surface area contributed by atoms with E-state index >= 15 is 0 Å². The smallest absolute Gasteiger partial charge is 0.242 e. The lowest BCUT2D eigenvalue weighted by Gasteiger charge is -2.11. The summed E-state index contributed by atoms with van der Waals surface area (Å²) in [5.41, 5.74) is 0.661. The Bertz CT molecular complexity index is 461. The largest absolute Gasteiger partial charge is 0.384 e. The highest BCUT2D eigenvalue weighted by Crippen LogP contribution is 2.20. The standard InChI is InChI=1S/C12H20N2O2S2/c1-3-17-10-6-9-14-11-7-4-5-8-12(11)18(15,16)13-2/h4-5,7-8,13-14H,3,6,9-10H2,1-2H3. The molecule has 0 saturated heterocycles. The summed E-state index contributed by atoms with van der Waals surface area (Å²) >= 11 is 1.89. The predicted molar refractivity (Wildman–Crippen MR) is 78.8 cm³/mol. The average Bonchev–Trinajstić information content (AvgIpc) is 2.39. The molecule has 18 heavy (non-hydrogen) atoms. The number of thioether (sulfide) groups is 1. The third-order valence-electron chi connectivity index (χ3n) is 2.43. The molecule has 0 radical (unpaired) electrons. The normalized spacial score (nSPS) is 11.4. The molecular weight excluding hydrogens is 268 g/mol. The van der Waals surface area contributed by atoms with Crippen molar-refractivity contribution >= 4 is 27.5 Å². The van der Waals surface area contributed by atoms with Gasteiger partial charge < -0.3 is 5.32 Å². The first-order chi connectivity index (χ1) is 8.61. The van der Waals surface area contributed by atoms with Gasteiger partial charge in [-0.2, -0.15) is 11.8 Å². The van der Waals surface area contributed by atoms with Crippen LogP contribution in [0.1, 0.15) is 13.3 Å². The number of hydrogen-bond acceptors (Lipinski definition) is 4. The molecule has 0 aliphatic heterocycles. The second-order valence-electron chi connectivity index (χ2n) is 3.68. The Kier molecular flexibility index (Phi) is 6.52. The van der Waals surface area contributed by atoms with Gasteiger partial charge in [-0.3, -0.25) is 0 Å². The number of rotatable bonds is 8. The first-order valence-corrected chi connectivity index (χ1v) is 8.59. The molecule has 1 aromatic rings. The zero-order valence-corrected chi connectivity index (χ0v) is 12.4. The summed E-state index contributed by atoms with van der Waals surface area (Å²) < 4.78 is 25.9. The van der Waals surface area contributed by atoms with Gasteiger partial charge in [0.25, 0.3) is 0 Å². The minimum Gasteiger partial charge on any atom is -0.384 e. The number of anilines is 1. The molecule has 102 valence electrons. The fourth-order valence-electron chi connectivity index (χ4n) is 1.50. The van der Waals surface area contributed by atoms with Crippen LogP contribution in [0.3, 0.4) is 0 Å². The maximum Gasteiger partial charge on any atom is 0.242 e. The molecule has 2 N–H and O–H groups in total. The van der Waals surface area contributed by atoms with E-state index in [2.05, 4.69) is 17.0 Å². The van der Waals surface area contributed by atoms with Gasteiger partial charge in [0.05, 0.1) is 5.69 Å². The van der Waals surface area contributed by atoms with Crippen molar-refractivity contribution in [2.75, 3.05) is 30.4 Å². The summed E-state index contributed by atoms with van der Waals surface area (Å²) in [6.07, 6.45) is 1.02. The summed E-state index contributed by atoms with van der Waals surface area (Å²) in [6, 6.07) is 6.95. The van der Waals surface area contributed by atoms with E-state index in [1.807, 2.05) is 17.8 Å². The van der Waals surface area contributed by atoms with Crippen LogP contribution in [0.2, 0.25) is 0 Å². The van der Waals surface area contributed by atoms with Gasteiger partial charge in [-0.05, 0) is 37.1 Å². The Morgan fingerprint density at radius 1 is 1.28 bits per heavy atom. The lowest BCUT2D eigenvalue weighted by Crippen LogP contribution is -2.20. The van der Waals surface area contributed by atoms with Crippen LogP contribution < -0.4 is 10.0 Å². The quantitative estimate of drug-likeness (QED) is 0.720. The van der Waals surface area contributed by atoms with Crippen molar-refractivity contribution in [3.63, 3.8) is 0 Å². The second-order valence-corrected chi connectivity index (χ2v) is 6.93. The average molecular weight is 288 g/mol. The molecule has 4 nitrogen and oxygen atoms in total. The summed E-state index contributed by atoms with van der Waals surface area (Å²) in [5.74, 6) is 2.20. The molecular formula is C12H20N2O2S2. The number of benzene rings is 1. The van der Waals surface area contributed by atoms with E-state index in [9.17, 15) is 8.42 Å². The molecule has 0 aliphatic rings. The van der Waals surface area contributed by atoms with Gasteiger partial charge in [-0.25, -0.2) is 13.1 Å². The molecule has 6 heteroatoms. The topological polar surface area (TPSA) is 58.2 Å². The molecule has 0 fully saturated rings. The van der Waals surface area contributed by atoms with Crippen molar-refractivity contribution in [1.29, 1.82) is 0 Å². The van der Waals surface area contributed by atoms with Crippen LogP contribution in [0.15, 0.2) is 29.2 Å². The van der Waals surface area contributed by atoms with E-state index in [-0.39, 0.29) is 0 Å². The highest BCUT2D eigenvalue weighted by atomic mass is 32.2. The first-order valence-electron chi connectivity index (χ1n) is 5.96. The molecule has 0 heterocycles. The van der Waals surface area contributed by atoms with Crippen molar-refractivity contribution in [1.82, 2.24) is 4.72 Å². The van der Waals surface area contributed by atoms with Gasteiger partial charge in [0.2, 0.25) is 10.0 Å². The highest BCUT2D eigenvalue weighted by Gasteiger charge is 2.15. The maximum atomic E-state index is 11.8. The second kappa shape index (κ2) is 7.66. The van der Waals surface area contributed by atoms with Crippen molar-refractivity contribution < 1.29 is 8.42 Å². The van der Waals surface area contributed by atoms with Gasteiger partial charge in [-0.1, -0.05) is 19.1 Å². The number of para-hydroxylation sites is 1. The van der Waals surface area contributed by atoms with Crippen molar-refractivity contribution in [2.24, 2.45) is 0 Å². The minimum absolute atomic E-state index is 0.302. The monoisotopic (exact) mass is 288 g/mol.